The Balaban J connectivity index is 2.02. The summed E-state index contributed by atoms with van der Waals surface area (Å²) < 4.78 is 0. The van der Waals surface area contributed by atoms with E-state index in [-0.39, 0.29) is 11.8 Å². The van der Waals surface area contributed by atoms with Gasteiger partial charge in [0, 0.05) is 38.6 Å². The molecule has 4 nitrogen and oxygen atoms in total. The Morgan fingerprint density at radius 1 is 1.29 bits per heavy atom. The maximum atomic E-state index is 11.5. The first-order chi connectivity index (χ1) is 8.13. The van der Waals surface area contributed by atoms with Crippen molar-refractivity contribution in [1.29, 1.82) is 0 Å². The van der Waals surface area contributed by atoms with Gasteiger partial charge in [-0.1, -0.05) is 13.8 Å². The molecular weight excluding hydrogens is 214 g/mol. The summed E-state index contributed by atoms with van der Waals surface area (Å²) in [6, 6.07) is 0. The first kappa shape index (κ1) is 14.5. The highest BCUT2D eigenvalue weighted by Gasteiger charge is 2.13. The average Bonchev–Trinajstić information content (AvgIpc) is 2.35. The molecule has 0 aromatic rings. The summed E-state index contributed by atoms with van der Waals surface area (Å²) in [7, 11) is 2.17. The number of hydrogen-bond donors (Lipinski definition) is 1. The molecule has 0 aromatic heterocycles. The standard InChI is InChI=1S/C13H27N3O/c1-4-12(2)13(17)14-6-5-7-16-10-8-15(3)9-11-16/h12H,4-11H2,1-3H3,(H,14,17). The van der Waals surface area contributed by atoms with Gasteiger partial charge < -0.3 is 15.1 Å². The van der Waals surface area contributed by atoms with Crippen LogP contribution in [-0.2, 0) is 4.79 Å². The molecule has 1 N–H and O–H groups in total. The second kappa shape index (κ2) is 7.67. The van der Waals surface area contributed by atoms with Crippen LogP contribution in [0.1, 0.15) is 26.7 Å². The average molecular weight is 241 g/mol. The van der Waals surface area contributed by atoms with Crippen molar-refractivity contribution in [3.8, 4) is 0 Å². The van der Waals surface area contributed by atoms with E-state index >= 15 is 0 Å². The summed E-state index contributed by atoms with van der Waals surface area (Å²) in [5, 5.41) is 3.01. The fourth-order valence-electron chi connectivity index (χ4n) is 1.95. The van der Waals surface area contributed by atoms with Crippen molar-refractivity contribution in [2.24, 2.45) is 5.92 Å². The number of rotatable bonds is 6. The molecule has 0 aromatic carbocycles. The molecule has 1 amide bonds. The van der Waals surface area contributed by atoms with Crippen LogP contribution < -0.4 is 5.32 Å². The summed E-state index contributed by atoms with van der Waals surface area (Å²) in [4.78, 5) is 16.4. The van der Waals surface area contributed by atoms with E-state index < -0.39 is 0 Å². The van der Waals surface area contributed by atoms with Crippen LogP contribution in [0.5, 0.6) is 0 Å². The summed E-state index contributed by atoms with van der Waals surface area (Å²) in [6.45, 7) is 10.6. The zero-order valence-corrected chi connectivity index (χ0v) is 11.5. The van der Waals surface area contributed by atoms with E-state index in [1.54, 1.807) is 0 Å². The lowest BCUT2D eigenvalue weighted by Crippen LogP contribution is -2.45. The van der Waals surface area contributed by atoms with Crippen LogP contribution in [0.15, 0.2) is 0 Å². The van der Waals surface area contributed by atoms with Crippen molar-refractivity contribution in [1.82, 2.24) is 15.1 Å². The van der Waals surface area contributed by atoms with Gasteiger partial charge in [-0.15, -0.1) is 0 Å². The molecule has 1 saturated heterocycles. The van der Waals surface area contributed by atoms with Crippen molar-refractivity contribution < 1.29 is 4.79 Å². The summed E-state index contributed by atoms with van der Waals surface area (Å²) in [5.74, 6) is 0.351. The van der Waals surface area contributed by atoms with E-state index in [0.29, 0.717) is 0 Å². The molecule has 0 spiro atoms. The third-order valence-electron chi connectivity index (χ3n) is 3.61. The van der Waals surface area contributed by atoms with E-state index in [4.69, 9.17) is 0 Å². The molecule has 17 heavy (non-hydrogen) atoms. The number of amides is 1. The van der Waals surface area contributed by atoms with E-state index in [0.717, 1.165) is 39.0 Å². The second-order valence-electron chi connectivity index (χ2n) is 5.10. The van der Waals surface area contributed by atoms with Crippen LogP contribution in [0.3, 0.4) is 0 Å². The Morgan fingerprint density at radius 2 is 1.94 bits per heavy atom. The van der Waals surface area contributed by atoms with Crippen LogP contribution in [-0.4, -0.2) is 62.0 Å². The van der Waals surface area contributed by atoms with Gasteiger partial charge in [0.05, 0.1) is 0 Å². The highest BCUT2D eigenvalue weighted by atomic mass is 16.1. The minimum Gasteiger partial charge on any atom is -0.356 e. The lowest BCUT2D eigenvalue weighted by Gasteiger charge is -2.32. The highest BCUT2D eigenvalue weighted by Crippen LogP contribution is 2.01. The predicted molar refractivity (Wildman–Crippen MR) is 71.0 cm³/mol. The lowest BCUT2D eigenvalue weighted by molar-refractivity contribution is -0.124. The zero-order valence-electron chi connectivity index (χ0n) is 11.5. The maximum Gasteiger partial charge on any atom is 0.222 e. The highest BCUT2D eigenvalue weighted by molar-refractivity contribution is 5.78. The number of nitrogens with one attached hydrogen (secondary N) is 1. The fraction of sp³-hybridized carbons (Fsp3) is 0.923. The summed E-state index contributed by atoms with van der Waals surface area (Å²) in [5.41, 5.74) is 0. The van der Waals surface area contributed by atoms with Crippen molar-refractivity contribution >= 4 is 5.91 Å². The van der Waals surface area contributed by atoms with Crippen LogP contribution in [0.4, 0.5) is 0 Å². The number of likely N-dealkylation sites (N-methyl/N-ethyl adjacent to an activating group) is 1. The van der Waals surface area contributed by atoms with Gasteiger partial charge in [-0.2, -0.15) is 0 Å². The molecule has 1 aliphatic rings. The third-order valence-corrected chi connectivity index (χ3v) is 3.61. The first-order valence-corrected chi connectivity index (χ1v) is 6.82. The van der Waals surface area contributed by atoms with Gasteiger partial charge >= 0.3 is 0 Å². The minimum absolute atomic E-state index is 0.152. The van der Waals surface area contributed by atoms with Crippen molar-refractivity contribution in [2.75, 3.05) is 46.3 Å². The van der Waals surface area contributed by atoms with E-state index in [9.17, 15) is 4.79 Å². The fourth-order valence-corrected chi connectivity index (χ4v) is 1.95. The Labute approximate surface area is 105 Å². The quantitative estimate of drug-likeness (QED) is 0.698. The largest absolute Gasteiger partial charge is 0.356 e. The smallest absolute Gasteiger partial charge is 0.222 e. The molecule has 4 heteroatoms. The molecule has 1 heterocycles. The summed E-state index contributed by atoms with van der Waals surface area (Å²) in [6.07, 6.45) is 1.98. The SMILES string of the molecule is CCC(C)C(=O)NCCCN1CCN(C)CC1. The number of carbonyl (C=O) groups excluding carboxylic acids is 1. The number of piperazine rings is 1. The van der Waals surface area contributed by atoms with Gasteiger partial charge in [-0.25, -0.2) is 0 Å². The number of hydrogen-bond acceptors (Lipinski definition) is 3. The number of carbonyl (C=O) groups is 1. The monoisotopic (exact) mass is 241 g/mol. The molecular formula is C13H27N3O. The van der Waals surface area contributed by atoms with Gasteiger partial charge in [0.2, 0.25) is 5.91 Å². The van der Waals surface area contributed by atoms with E-state index in [1.807, 2.05) is 6.92 Å². The van der Waals surface area contributed by atoms with Crippen molar-refractivity contribution in [2.45, 2.75) is 26.7 Å². The maximum absolute atomic E-state index is 11.5. The van der Waals surface area contributed by atoms with Gasteiger partial charge in [0.1, 0.15) is 0 Å². The van der Waals surface area contributed by atoms with Crippen LogP contribution in [0.2, 0.25) is 0 Å². The topological polar surface area (TPSA) is 35.6 Å². The molecule has 1 atom stereocenters. The molecule has 0 bridgehead atoms. The third kappa shape index (κ3) is 5.50. The van der Waals surface area contributed by atoms with Gasteiger partial charge in [0.15, 0.2) is 0 Å². The van der Waals surface area contributed by atoms with Crippen LogP contribution in [0, 0.1) is 5.92 Å². The van der Waals surface area contributed by atoms with Crippen molar-refractivity contribution in [3.05, 3.63) is 0 Å². The molecule has 1 fully saturated rings. The number of nitrogens with zero attached hydrogens (tertiary/aromatic N) is 2. The van der Waals surface area contributed by atoms with Crippen LogP contribution in [0.25, 0.3) is 0 Å². The summed E-state index contributed by atoms with van der Waals surface area (Å²) >= 11 is 0. The first-order valence-electron chi connectivity index (χ1n) is 6.82. The lowest BCUT2D eigenvalue weighted by atomic mass is 10.1. The van der Waals surface area contributed by atoms with Crippen molar-refractivity contribution in [3.63, 3.8) is 0 Å². The molecule has 100 valence electrons. The molecule has 1 rings (SSSR count). The van der Waals surface area contributed by atoms with Gasteiger partial charge in [-0.3, -0.25) is 4.79 Å². The van der Waals surface area contributed by atoms with Gasteiger partial charge in [-0.05, 0) is 26.4 Å². The molecule has 0 radical (unpaired) electrons. The minimum atomic E-state index is 0.152. The normalized spacial score (nSPS) is 20.2. The zero-order chi connectivity index (χ0) is 12.7. The molecule has 0 saturated carbocycles. The molecule has 1 unspecified atom stereocenters. The van der Waals surface area contributed by atoms with Gasteiger partial charge in [0.25, 0.3) is 0 Å². The predicted octanol–water partition coefficient (Wildman–Crippen LogP) is 0.786. The van der Waals surface area contributed by atoms with E-state index in [2.05, 4.69) is 29.1 Å². The van der Waals surface area contributed by atoms with E-state index in [1.165, 1.54) is 13.1 Å². The Morgan fingerprint density at radius 3 is 2.53 bits per heavy atom. The molecule has 0 aliphatic carbocycles. The Kier molecular flexibility index (Phi) is 6.52. The van der Waals surface area contributed by atoms with Crippen LogP contribution >= 0.6 is 0 Å². The second-order valence-corrected chi connectivity index (χ2v) is 5.10. The molecule has 1 aliphatic heterocycles. The Bertz CT molecular complexity index is 225. The Hall–Kier alpha value is -0.610.